The number of thiophene rings is 2. The second kappa shape index (κ2) is 28.7. The number of hydrogen-bond acceptors (Lipinski definition) is 5. The fourth-order valence-electron chi connectivity index (χ4n) is 15.5. The van der Waals surface area contributed by atoms with Gasteiger partial charge in [-0.25, -0.2) is 4.63 Å². The maximum atomic E-state index is 5.59. The van der Waals surface area contributed by atoms with Gasteiger partial charge in [0.05, 0.1) is 0 Å². The Morgan fingerprint density at radius 2 is 0.659 bits per heavy atom. The molecule has 3 aromatic heterocycles. The van der Waals surface area contributed by atoms with E-state index in [0.717, 1.165) is 59.0 Å². The number of aromatic nitrogens is 2. The summed E-state index contributed by atoms with van der Waals surface area (Å²) < 4.78 is 5.59. The lowest BCUT2D eigenvalue weighted by atomic mass is 9.69. The lowest BCUT2D eigenvalue weighted by Crippen LogP contribution is -2.25. The van der Waals surface area contributed by atoms with Gasteiger partial charge in [0.2, 0.25) is 0 Å². The molecule has 460 valence electrons. The van der Waals surface area contributed by atoms with Gasteiger partial charge in [-0.3, -0.25) is 0 Å². The Morgan fingerprint density at radius 1 is 0.308 bits per heavy atom. The van der Waals surface area contributed by atoms with Crippen molar-refractivity contribution in [3.05, 3.63) is 236 Å². The average Bonchev–Trinajstić information content (AvgIpc) is 1.60. The number of unbranched alkanes of at least 4 members (excludes halogenated alkanes) is 12. The van der Waals surface area contributed by atoms with E-state index in [1.807, 2.05) is 0 Å². The first-order chi connectivity index (χ1) is 44.9. The van der Waals surface area contributed by atoms with E-state index in [2.05, 4.69) is 255 Å². The normalized spacial score (nSPS) is 13.6. The molecular weight excluding hydrogens is 1140 g/mol. The smallest absolute Gasteiger partial charge is 0.143 e. The zero-order valence-corrected chi connectivity index (χ0v) is 55.7. The Hall–Kier alpha value is -7.96. The van der Waals surface area contributed by atoms with Crippen molar-refractivity contribution >= 4 is 58.0 Å². The lowest BCUT2D eigenvalue weighted by molar-refractivity contribution is 0.315. The largest absolute Gasteiger partial charge is 0.243 e. The summed E-state index contributed by atoms with van der Waals surface area (Å²) in [6.07, 6.45) is 33.8. The highest BCUT2D eigenvalue weighted by atomic mass is 32.1. The molecule has 0 unspecified atom stereocenters. The van der Waals surface area contributed by atoms with Gasteiger partial charge < -0.3 is 0 Å². The second-order valence-electron chi connectivity index (χ2n) is 26.0. The Morgan fingerprint density at radius 3 is 1.04 bits per heavy atom. The van der Waals surface area contributed by atoms with E-state index < -0.39 is 0 Å². The summed E-state index contributed by atoms with van der Waals surface area (Å²) in [4.78, 5) is 2.51. The van der Waals surface area contributed by atoms with Gasteiger partial charge in [-0.1, -0.05) is 276 Å². The molecular formula is C86H88N2OS2. The molecule has 3 heterocycles. The van der Waals surface area contributed by atoms with E-state index in [-0.39, 0.29) is 10.8 Å². The van der Waals surface area contributed by atoms with Crippen molar-refractivity contribution in [3.8, 4) is 77.9 Å². The van der Waals surface area contributed by atoms with Gasteiger partial charge in [0.1, 0.15) is 11.0 Å². The Balaban J connectivity index is 0.984. The van der Waals surface area contributed by atoms with Gasteiger partial charge >= 0.3 is 0 Å². The molecule has 2 aliphatic rings. The van der Waals surface area contributed by atoms with Gasteiger partial charge in [-0.05, 0) is 208 Å². The number of hydrogen-bond donors (Lipinski definition) is 0. The monoisotopic (exact) mass is 1230 g/mol. The van der Waals surface area contributed by atoms with Crippen LogP contribution in [0.1, 0.15) is 199 Å². The zero-order valence-electron chi connectivity index (χ0n) is 54.0. The predicted octanol–water partition coefficient (Wildman–Crippen LogP) is 26.4. The van der Waals surface area contributed by atoms with Crippen LogP contribution in [0.25, 0.3) is 113 Å². The van der Waals surface area contributed by atoms with Gasteiger partial charge in [0, 0.05) is 31.7 Å². The molecule has 0 saturated heterocycles. The van der Waals surface area contributed by atoms with Crippen molar-refractivity contribution in [1.29, 1.82) is 0 Å². The third-order valence-electron chi connectivity index (χ3n) is 20.3. The lowest BCUT2D eigenvalue weighted by Gasteiger charge is -2.34. The highest BCUT2D eigenvalue weighted by molar-refractivity contribution is 7.11. The van der Waals surface area contributed by atoms with Crippen LogP contribution in [-0.2, 0) is 10.8 Å². The van der Waals surface area contributed by atoms with Gasteiger partial charge in [0.15, 0.2) is 0 Å². The molecule has 8 aromatic carbocycles. The second-order valence-corrected chi connectivity index (χ2v) is 28.0. The molecule has 0 bridgehead atoms. The molecule has 0 fully saturated rings. The molecule has 11 aromatic rings. The minimum atomic E-state index is -0.179. The fraction of sp³-hybridized carbons (Fsp3) is 0.302. The van der Waals surface area contributed by atoms with E-state index in [9.17, 15) is 0 Å². The summed E-state index contributed by atoms with van der Waals surface area (Å²) in [7, 11) is 0. The van der Waals surface area contributed by atoms with Crippen LogP contribution < -0.4 is 0 Å². The molecule has 5 heteroatoms. The van der Waals surface area contributed by atoms with Crippen LogP contribution >= 0.6 is 22.7 Å². The number of rotatable bonds is 29. The van der Waals surface area contributed by atoms with Crippen molar-refractivity contribution in [3.63, 3.8) is 0 Å². The number of nitrogens with zero attached hydrogens (tertiary/aromatic N) is 2. The van der Waals surface area contributed by atoms with Crippen LogP contribution in [0.3, 0.4) is 0 Å². The van der Waals surface area contributed by atoms with Crippen molar-refractivity contribution in [2.45, 2.75) is 167 Å². The summed E-state index contributed by atoms with van der Waals surface area (Å²) in [6, 6.07) is 69.9. The molecule has 13 rings (SSSR count). The maximum absolute atomic E-state index is 5.59. The minimum absolute atomic E-state index is 0.0866. The topological polar surface area (TPSA) is 38.9 Å². The summed E-state index contributed by atoms with van der Waals surface area (Å²) in [6.45, 7) is 9.37. The number of fused-ring (bicyclic) bond motifs is 7. The van der Waals surface area contributed by atoms with Crippen LogP contribution in [0, 0.1) is 0 Å². The first-order valence-corrected chi connectivity index (χ1v) is 36.3. The summed E-state index contributed by atoms with van der Waals surface area (Å²) in [5.74, 6) is 0. The van der Waals surface area contributed by atoms with Crippen LogP contribution in [0.4, 0.5) is 0 Å². The maximum Gasteiger partial charge on any atom is 0.143 e. The van der Waals surface area contributed by atoms with Crippen LogP contribution in [0.2, 0.25) is 0 Å². The first-order valence-electron chi connectivity index (χ1n) is 34.5. The quantitative estimate of drug-likeness (QED) is 0.0439. The van der Waals surface area contributed by atoms with E-state index >= 15 is 0 Å². The first kappa shape index (κ1) is 61.9. The molecule has 0 atom stereocenters. The Labute approximate surface area is 550 Å². The fourth-order valence-corrected chi connectivity index (χ4v) is 16.8. The number of benzene rings is 8. The SMILES string of the molecule is CCCCCCC1(CCCCCC)c2cc(-c3ccccc3)ccc2-c2ccc(-c3cc(/C=C/c4cccs4)c(-c4ccc5c(c4)C(CCCCCC)(CCCCCC)c4cc(-c6ccc(-c7ccccc7)c7nonc67)ccc4-5)cc3/C=C/c3cccs3)cc21. The van der Waals surface area contributed by atoms with Crippen molar-refractivity contribution in [2.75, 3.05) is 0 Å². The van der Waals surface area contributed by atoms with E-state index in [1.165, 1.54) is 202 Å². The molecule has 0 N–H and O–H groups in total. The van der Waals surface area contributed by atoms with E-state index in [1.54, 1.807) is 22.7 Å². The van der Waals surface area contributed by atoms with Crippen LogP contribution in [0.15, 0.2) is 197 Å². The molecule has 0 aliphatic heterocycles. The van der Waals surface area contributed by atoms with Crippen molar-refractivity contribution in [2.24, 2.45) is 0 Å². The molecule has 0 spiro atoms. The third-order valence-corrected chi connectivity index (χ3v) is 21.9. The standard InChI is InChI=1S/C86H88N2OS2/c1-5-9-13-23-49-85(50-24-14-10-6-2)79-57-63(61-29-19-17-20-30-61)37-43-73(79)75-45-39-67(59-81(75)85)77-55-65(36-42-70-34-28-54-91-70)78(56-64(77)35-41-69-33-27-53-90-69)68-40-46-76-74-44-38-66(72-48-47-71(62-31-21-18-22-32-62)83-84(72)88-89-87-83)58-80(74)86(82(76)60-68,51-25-15-11-7-3)52-26-16-12-8-4/h17-22,27-48,53-60H,5-16,23-26,49-52H2,1-4H3/b41-35+,42-36+. The zero-order chi connectivity index (χ0) is 62.0. The van der Waals surface area contributed by atoms with E-state index in [0.29, 0.717) is 0 Å². The predicted molar refractivity (Wildman–Crippen MR) is 393 cm³/mol. The third kappa shape index (κ3) is 12.7. The highest BCUT2D eigenvalue weighted by Crippen LogP contribution is 2.58. The molecule has 0 radical (unpaired) electrons. The van der Waals surface area contributed by atoms with Gasteiger partial charge in [0.25, 0.3) is 0 Å². The average molecular weight is 1230 g/mol. The molecule has 2 aliphatic carbocycles. The summed E-state index contributed by atoms with van der Waals surface area (Å²) >= 11 is 3.60. The Bertz CT molecular complexity index is 4270. The highest BCUT2D eigenvalue weighted by Gasteiger charge is 2.44. The van der Waals surface area contributed by atoms with Crippen molar-refractivity contribution < 1.29 is 4.63 Å². The molecule has 91 heavy (non-hydrogen) atoms. The van der Waals surface area contributed by atoms with E-state index in [4.69, 9.17) is 4.63 Å². The van der Waals surface area contributed by atoms with Crippen LogP contribution in [-0.4, -0.2) is 10.3 Å². The summed E-state index contributed by atoms with van der Waals surface area (Å²) in [5.41, 5.74) is 27.4. The van der Waals surface area contributed by atoms with Crippen LogP contribution in [0.5, 0.6) is 0 Å². The Kier molecular flexibility index (Phi) is 19.5. The van der Waals surface area contributed by atoms with Gasteiger partial charge in [-0.15, -0.1) is 22.7 Å². The minimum Gasteiger partial charge on any atom is -0.243 e. The van der Waals surface area contributed by atoms with Gasteiger partial charge in [-0.2, -0.15) is 0 Å². The molecule has 0 saturated carbocycles. The molecule has 0 amide bonds. The molecule has 3 nitrogen and oxygen atoms in total. The summed E-state index contributed by atoms with van der Waals surface area (Å²) in [5, 5.41) is 13.5. The van der Waals surface area contributed by atoms with Crippen molar-refractivity contribution in [1.82, 2.24) is 10.3 Å².